The van der Waals surface area contributed by atoms with Crippen LogP contribution in [-0.4, -0.2) is 112 Å². The van der Waals surface area contributed by atoms with Crippen molar-refractivity contribution in [1.82, 2.24) is 10.2 Å². The lowest BCUT2D eigenvalue weighted by atomic mass is 10.0. The minimum Gasteiger partial charge on any atom is -0.480 e. The van der Waals surface area contributed by atoms with Gasteiger partial charge in [0, 0.05) is 0 Å². The lowest BCUT2D eigenvalue weighted by Crippen LogP contribution is -2.59. The van der Waals surface area contributed by atoms with Crippen LogP contribution in [0.4, 0.5) is 0 Å². The van der Waals surface area contributed by atoms with Gasteiger partial charge >= 0.3 is 11.9 Å². The molecule has 0 aromatic heterocycles. The Labute approximate surface area is 132 Å². The van der Waals surface area contributed by atoms with Crippen LogP contribution in [0, 0.1) is 0 Å². The molecule has 0 saturated carbocycles. The number of nitrogens with one attached hydrogen (secondary N) is 1. The third kappa shape index (κ3) is 5.35. The third-order valence-electron chi connectivity index (χ3n) is 3.59. The summed E-state index contributed by atoms with van der Waals surface area (Å²) in [6, 6.07) is 0. The van der Waals surface area contributed by atoms with Gasteiger partial charge < -0.3 is 35.4 Å². The van der Waals surface area contributed by atoms with E-state index in [1.54, 1.807) is 0 Å². The molecule has 0 unspecified atom stereocenters. The molecule has 7 N–H and O–H groups in total. The Bertz CT molecular complexity index is 374. The Kier molecular flexibility index (Phi) is 9.16. The number of likely N-dealkylation sites (N-methyl/N-ethyl adjacent to an activating group) is 1. The molecule has 0 rings (SSSR count). The van der Waals surface area contributed by atoms with E-state index >= 15 is 0 Å². The maximum Gasteiger partial charge on any atom is 0.329 e. The van der Waals surface area contributed by atoms with E-state index in [1.807, 2.05) is 0 Å². The fourth-order valence-electron chi connectivity index (χ4n) is 1.51. The van der Waals surface area contributed by atoms with Crippen molar-refractivity contribution in [2.75, 3.05) is 53.4 Å². The van der Waals surface area contributed by atoms with E-state index in [0.29, 0.717) is 0 Å². The molecule has 136 valence electrons. The van der Waals surface area contributed by atoms with Gasteiger partial charge in [-0.25, -0.2) is 0 Å². The first kappa shape index (κ1) is 21.7. The molecule has 0 aromatic carbocycles. The van der Waals surface area contributed by atoms with Crippen molar-refractivity contribution in [3.05, 3.63) is 0 Å². The van der Waals surface area contributed by atoms with Crippen molar-refractivity contribution in [3.63, 3.8) is 0 Å². The van der Waals surface area contributed by atoms with Gasteiger partial charge in [-0.1, -0.05) is 0 Å². The number of hydrogen-bond donors (Lipinski definition) is 7. The number of esters is 1. The van der Waals surface area contributed by atoms with Gasteiger partial charge in [0.1, 0.15) is 6.73 Å². The Balaban J connectivity index is 4.56. The topological polar surface area (TPSA) is 180 Å². The molecule has 0 aliphatic heterocycles. The summed E-state index contributed by atoms with van der Waals surface area (Å²) in [5.74, 6) is -2.34. The van der Waals surface area contributed by atoms with E-state index in [4.69, 9.17) is 35.4 Å². The summed E-state index contributed by atoms with van der Waals surface area (Å²) in [5.41, 5.74) is -3.45. The smallest absolute Gasteiger partial charge is 0.329 e. The van der Waals surface area contributed by atoms with Crippen LogP contribution in [0.5, 0.6) is 0 Å². The Hall–Kier alpha value is -1.34. The van der Waals surface area contributed by atoms with Crippen LogP contribution >= 0.6 is 0 Å². The highest BCUT2D eigenvalue weighted by Gasteiger charge is 2.42. The predicted molar refractivity (Wildman–Crippen MR) is 75.3 cm³/mol. The molecule has 0 aliphatic carbocycles. The lowest BCUT2D eigenvalue weighted by molar-refractivity contribution is -0.168. The van der Waals surface area contributed by atoms with Crippen molar-refractivity contribution < 1.29 is 45.0 Å². The Morgan fingerprint density at radius 3 is 1.83 bits per heavy atom. The minimum absolute atomic E-state index is 0.464. The fourth-order valence-corrected chi connectivity index (χ4v) is 1.51. The summed E-state index contributed by atoms with van der Waals surface area (Å²) < 4.78 is 4.79. The Morgan fingerprint density at radius 1 is 1.00 bits per heavy atom. The first-order valence-electron chi connectivity index (χ1n) is 6.67. The average Bonchev–Trinajstić information content (AvgIpc) is 2.56. The number of hydrogen-bond acceptors (Lipinski definition) is 10. The van der Waals surface area contributed by atoms with Crippen molar-refractivity contribution in [3.8, 4) is 0 Å². The standard InChI is InChI=1S/C12H24N2O9/c1-14(12(6-18,7-19)10(21)22)8-23-9(20)2-13-11(3-15,4-16)5-17/h13,15-19H,2-8H2,1H3,(H,21,22). The molecule has 0 radical (unpaired) electrons. The number of aliphatic hydroxyl groups is 5. The van der Waals surface area contributed by atoms with Gasteiger partial charge in [0.05, 0.1) is 45.1 Å². The van der Waals surface area contributed by atoms with Gasteiger partial charge in [-0.3, -0.25) is 19.8 Å². The molecule has 23 heavy (non-hydrogen) atoms. The quantitative estimate of drug-likeness (QED) is 0.134. The number of aliphatic carboxylic acids is 1. The molecular weight excluding hydrogens is 316 g/mol. The van der Waals surface area contributed by atoms with Crippen LogP contribution < -0.4 is 5.32 Å². The van der Waals surface area contributed by atoms with E-state index in [9.17, 15) is 9.59 Å². The number of carboxylic acid groups (broad SMARTS) is 1. The minimum atomic E-state index is -2.00. The normalized spacial score (nSPS) is 12.5. The number of aliphatic hydroxyl groups excluding tert-OH is 5. The third-order valence-corrected chi connectivity index (χ3v) is 3.59. The van der Waals surface area contributed by atoms with Crippen LogP contribution in [0.1, 0.15) is 0 Å². The van der Waals surface area contributed by atoms with Crippen molar-refractivity contribution in [2.45, 2.75) is 11.1 Å². The molecule has 0 aliphatic rings. The van der Waals surface area contributed by atoms with Crippen molar-refractivity contribution in [2.24, 2.45) is 0 Å². The van der Waals surface area contributed by atoms with Gasteiger partial charge in [0.2, 0.25) is 0 Å². The highest BCUT2D eigenvalue weighted by molar-refractivity contribution is 5.79. The average molecular weight is 340 g/mol. The highest BCUT2D eigenvalue weighted by atomic mass is 16.5. The van der Waals surface area contributed by atoms with Crippen LogP contribution in [0.2, 0.25) is 0 Å². The summed E-state index contributed by atoms with van der Waals surface area (Å²) in [5, 5.41) is 57.1. The molecule has 11 heteroatoms. The number of carbonyl (C=O) groups is 2. The first-order valence-corrected chi connectivity index (χ1v) is 6.67. The number of ether oxygens (including phenoxy) is 1. The van der Waals surface area contributed by atoms with Gasteiger partial charge in [-0.05, 0) is 7.05 Å². The molecule has 0 heterocycles. The van der Waals surface area contributed by atoms with E-state index in [0.717, 1.165) is 4.90 Å². The van der Waals surface area contributed by atoms with Gasteiger partial charge in [-0.2, -0.15) is 0 Å². The maximum absolute atomic E-state index is 11.6. The van der Waals surface area contributed by atoms with Crippen molar-refractivity contribution >= 4 is 11.9 Å². The number of carboxylic acids is 1. The summed E-state index contributed by atoms with van der Waals surface area (Å²) in [6.07, 6.45) is 0. The maximum atomic E-state index is 11.6. The summed E-state index contributed by atoms with van der Waals surface area (Å²) in [4.78, 5) is 23.7. The zero-order valence-electron chi connectivity index (χ0n) is 12.8. The van der Waals surface area contributed by atoms with Crippen LogP contribution in [0.15, 0.2) is 0 Å². The monoisotopic (exact) mass is 340 g/mol. The first-order chi connectivity index (χ1) is 10.8. The largest absolute Gasteiger partial charge is 0.480 e. The van der Waals surface area contributed by atoms with Crippen molar-refractivity contribution in [1.29, 1.82) is 0 Å². The van der Waals surface area contributed by atoms with Crippen LogP contribution in [0.3, 0.4) is 0 Å². The van der Waals surface area contributed by atoms with Crippen LogP contribution in [0.25, 0.3) is 0 Å². The predicted octanol–water partition coefficient (Wildman–Crippen LogP) is -4.47. The summed E-state index contributed by atoms with van der Waals surface area (Å²) in [6.45, 7) is -4.65. The highest BCUT2D eigenvalue weighted by Crippen LogP contribution is 2.13. The van der Waals surface area contributed by atoms with E-state index < -0.39 is 69.3 Å². The number of nitrogens with zero attached hydrogens (tertiary/aromatic N) is 1. The summed E-state index contributed by atoms with van der Waals surface area (Å²) >= 11 is 0. The summed E-state index contributed by atoms with van der Waals surface area (Å²) in [7, 11) is 1.24. The molecule has 0 aromatic rings. The van der Waals surface area contributed by atoms with Gasteiger partial charge in [-0.15, -0.1) is 0 Å². The molecule has 0 atom stereocenters. The van der Waals surface area contributed by atoms with E-state index in [2.05, 4.69) is 5.32 Å². The second-order valence-electron chi connectivity index (χ2n) is 5.10. The SMILES string of the molecule is CN(COC(=O)CNC(CO)(CO)CO)C(CO)(CO)C(=O)O. The fraction of sp³-hybridized carbons (Fsp3) is 0.833. The zero-order chi connectivity index (χ0) is 18.1. The number of carbonyl (C=O) groups excluding carboxylic acids is 1. The molecule has 0 bridgehead atoms. The number of rotatable bonds is 12. The molecule has 0 saturated heterocycles. The van der Waals surface area contributed by atoms with Gasteiger partial charge in [0.25, 0.3) is 0 Å². The zero-order valence-corrected chi connectivity index (χ0v) is 12.8. The molecule has 0 spiro atoms. The molecular formula is C12H24N2O9. The van der Waals surface area contributed by atoms with E-state index in [1.165, 1.54) is 7.05 Å². The second kappa shape index (κ2) is 9.72. The molecule has 0 fully saturated rings. The lowest BCUT2D eigenvalue weighted by Gasteiger charge is -2.34. The molecule has 11 nitrogen and oxygen atoms in total. The second-order valence-corrected chi connectivity index (χ2v) is 5.10. The van der Waals surface area contributed by atoms with E-state index in [-0.39, 0.29) is 0 Å². The Morgan fingerprint density at radius 2 is 1.48 bits per heavy atom. The van der Waals surface area contributed by atoms with Crippen LogP contribution in [-0.2, 0) is 14.3 Å². The van der Waals surface area contributed by atoms with Gasteiger partial charge in [0.15, 0.2) is 5.54 Å². The molecule has 0 amide bonds.